The number of anilines is 1. The van der Waals surface area contributed by atoms with Crippen molar-refractivity contribution >= 4 is 17.1 Å². The average molecular weight is 218 g/mol. The SMILES string of the molecule is C=C(OCC)c1ccn2ncc(NC)c2n1. The first kappa shape index (κ1) is 10.5. The Morgan fingerprint density at radius 1 is 1.62 bits per heavy atom. The smallest absolute Gasteiger partial charge is 0.179 e. The van der Waals surface area contributed by atoms with Crippen LogP contribution in [0.25, 0.3) is 11.4 Å². The second kappa shape index (κ2) is 4.22. The van der Waals surface area contributed by atoms with Gasteiger partial charge < -0.3 is 10.1 Å². The van der Waals surface area contributed by atoms with Crippen molar-refractivity contribution in [3.63, 3.8) is 0 Å². The molecule has 0 bridgehead atoms. The van der Waals surface area contributed by atoms with Crippen LogP contribution in [0.4, 0.5) is 5.69 Å². The molecule has 0 amide bonds. The quantitative estimate of drug-likeness (QED) is 0.795. The molecule has 5 heteroatoms. The second-order valence-corrected chi connectivity index (χ2v) is 3.25. The van der Waals surface area contributed by atoms with Crippen molar-refractivity contribution in [3.05, 3.63) is 30.7 Å². The number of fused-ring (bicyclic) bond motifs is 1. The van der Waals surface area contributed by atoms with Crippen LogP contribution in [0.2, 0.25) is 0 Å². The minimum absolute atomic E-state index is 0.577. The molecular formula is C11H14N4O. The molecule has 5 nitrogen and oxygen atoms in total. The number of hydrogen-bond donors (Lipinski definition) is 1. The molecule has 0 radical (unpaired) electrons. The summed E-state index contributed by atoms with van der Waals surface area (Å²) in [4.78, 5) is 4.44. The van der Waals surface area contributed by atoms with E-state index < -0.39 is 0 Å². The van der Waals surface area contributed by atoms with Gasteiger partial charge in [0.1, 0.15) is 11.5 Å². The first-order valence-corrected chi connectivity index (χ1v) is 5.10. The van der Waals surface area contributed by atoms with Gasteiger partial charge >= 0.3 is 0 Å². The third-order valence-electron chi connectivity index (χ3n) is 2.24. The Labute approximate surface area is 93.8 Å². The molecule has 0 atom stereocenters. The van der Waals surface area contributed by atoms with Gasteiger partial charge in [0.2, 0.25) is 0 Å². The van der Waals surface area contributed by atoms with Gasteiger partial charge in [-0.3, -0.25) is 0 Å². The normalized spacial score (nSPS) is 10.4. The number of rotatable bonds is 4. The lowest BCUT2D eigenvalue weighted by molar-refractivity contribution is 0.298. The lowest BCUT2D eigenvalue weighted by Gasteiger charge is -2.06. The lowest BCUT2D eigenvalue weighted by Crippen LogP contribution is -1.98. The van der Waals surface area contributed by atoms with Crippen molar-refractivity contribution in [3.8, 4) is 0 Å². The fraction of sp³-hybridized carbons (Fsp3) is 0.273. The van der Waals surface area contributed by atoms with Crippen molar-refractivity contribution in [1.29, 1.82) is 0 Å². The van der Waals surface area contributed by atoms with Gasteiger partial charge in [0.15, 0.2) is 5.65 Å². The predicted octanol–water partition coefficient (Wildman–Crippen LogP) is 1.78. The van der Waals surface area contributed by atoms with Crippen LogP contribution in [0.15, 0.2) is 25.0 Å². The van der Waals surface area contributed by atoms with Crippen LogP contribution in [0, 0.1) is 0 Å². The van der Waals surface area contributed by atoms with Crippen LogP contribution < -0.4 is 5.32 Å². The van der Waals surface area contributed by atoms with Gasteiger partial charge in [0, 0.05) is 13.2 Å². The van der Waals surface area contributed by atoms with E-state index >= 15 is 0 Å². The third-order valence-corrected chi connectivity index (χ3v) is 2.24. The van der Waals surface area contributed by atoms with E-state index in [0.717, 1.165) is 17.0 Å². The predicted molar refractivity (Wildman–Crippen MR) is 63.2 cm³/mol. The fourth-order valence-electron chi connectivity index (χ4n) is 1.45. The third kappa shape index (κ3) is 1.71. The number of aromatic nitrogens is 3. The first-order valence-electron chi connectivity index (χ1n) is 5.10. The van der Waals surface area contributed by atoms with Crippen LogP contribution in [-0.4, -0.2) is 28.3 Å². The maximum atomic E-state index is 5.32. The van der Waals surface area contributed by atoms with Gasteiger partial charge in [-0.25, -0.2) is 9.50 Å². The number of nitrogens with zero attached hydrogens (tertiary/aromatic N) is 3. The highest BCUT2D eigenvalue weighted by Gasteiger charge is 2.07. The van der Waals surface area contributed by atoms with Crippen LogP contribution in [0.5, 0.6) is 0 Å². The molecule has 1 N–H and O–H groups in total. The van der Waals surface area contributed by atoms with Crippen LogP contribution in [0.1, 0.15) is 12.6 Å². The van der Waals surface area contributed by atoms with Crippen molar-refractivity contribution in [2.45, 2.75) is 6.92 Å². The molecule has 0 saturated heterocycles. The van der Waals surface area contributed by atoms with E-state index in [-0.39, 0.29) is 0 Å². The zero-order chi connectivity index (χ0) is 11.5. The number of ether oxygens (including phenoxy) is 1. The summed E-state index contributed by atoms with van der Waals surface area (Å²) in [5.74, 6) is 0.577. The average Bonchev–Trinajstić information content (AvgIpc) is 2.71. The minimum atomic E-state index is 0.577. The lowest BCUT2D eigenvalue weighted by atomic mass is 10.3. The maximum absolute atomic E-state index is 5.32. The Bertz CT molecular complexity index is 518. The Morgan fingerprint density at radius 2 is 2.44 bits per heavy atom. The van der Waals surface area contributed by atoms with Crippen molar-refractivity contribution in [1.82, 2.24) is 14.6 Å². The molecule has 2 rings (SSSR count). The molecule has 0 aliphatic carbocycles. The van der Waals surface area contributed by atoms with E-state index in [1.807, 2.05) is 26.2 Å². The minimum Gasteiger partial charge on any atom is -0.492 e. The number of hydrogen-bond acceptors (Lipinski definition) is 4. The summed E-state index contributed by atoms with van der Waals surface area (Å²) in [6.45, 7) is 6.33. The van der Waals surface area contributed by atoms with Gasteiger partial charge in [-0.05, 0) is 13.0 Å². The highest BCUT2D eigenvalue weighted by molar-refractivity contribution is 5.68. The van der Waals surface area contributed by atoms with E-state index in [9.17, 15) is 0 Å². The zero-order valence-electron chi connectivity index (χ0n) is 9.40. The summed E-state index contributed by atoms with van der Waals surface area (Å²) >= 11 is 0. The van der Waals surface area contributed by atoms with Crippen LogP contribution in [-0.2, 0) is 4.74 Å². The molecule has 2 heterocycles. The maximum Gasteiger partial charge on any atom is 0.179 e. The van der Waals surface area contributed by atoms with E-state index in [2.05, 4.69) is 22.0 Å². The van der Waals surface area contributed by atoms with E-state index in [1.54, 1.807) is 10.7 Å². The first-order chi connectivity index (χ1) is 7.76. The second-order valence-electron chi connectivity index (χ2n) is 3.25. The molecule has 2 aromatic heterocycles. The molecule has 0 unspecified atom stereocenters. The van der Waals surface area contributed by atoms with Gasteiger partial charge in [-0.1, -0.05) is 6.58 Å². The molecule has 0 aliphatic rings. The summed E-state index contributed by atoms with van der Waals surface area (Å²) in [6.07, 6.45) is 3.57. The van der Waals surface area contributed by atoms with E-state index in [4.69, 9.17) is 4.74 Å². The molecule has 0 spiro atoms. The van der Waals surface area contributed by atoms with Gasteiger partial charge in [-0.15, -0.1) is 0 Å². The molecule has 0 aliphatic heterocycles. The number of nitrogens with one attached hydrogen (secondary N) is 1. The summed E-state index contributed by atoms with van der Waals surface area (Å²) in [5.41, 5.74) is 2.37. The molecule has 2 aromatic rings. The summed E-state index contributed by atoms with van der Waals surface area (Å²) in [5, 5.41) is 7.19. The Kier molecular flexibility index (Phi) is 2.76. The standard InChI is InChI=1S/C11H14N4O/c1-4-16-8(2)9-5-6-15-11(14-9)10(12-3)7-13-15/h5-7,12H,2,4H2,1,3H3. The monoisotopic (exact) mass is 218 g/mol. The van der Waals surface area contributed by atoms with E-state index in [1.165, 1.54) is 0 Å². The van der Waals surface area contributed by atoms with Crippen molar-refractivity contribution in [2.75, 3.05) is 19.0 Å². The molecule has 0 aromatic carbocycles. The van der Waals surface area contributed by atoms with Crippen molar-refractivity contribution < 1.29 is 4.74 Å². The van der Waals surface area contributed by atoms with Crippen molar-refractivity contribution in [2.24, 2.45) is 0 Å². The zero-order valence-corrected chi connectivity index (χ0v) is 9.40. The molecule has 0 fully saturated rings. The van der Waals surface area contributed by atoms with Gasteiger partial charge in [-0.2, -0.15) is 5.10 Å². The van der Waals surface area contributed by atoms with Gasteiger partial charge in [0.25, 0.3) is 0 Å². The molecule has 16 heavy (non-hydrogen) atoms. The highest BCUT2D eigenvalue weighted by Crippen LogP contribution is 2.17. The molecule has 0 saturated carbocycles. The van der Waals surface area contributed by atoms with Gasteiger partial charge in [0.05, 0.1) is 18.5 Å². The molecule has 84 valence electrons. The fourth-order valence-corrected chi connectivity index (χ4v) is 1.45. The van der Waals surface area contributed by atoms with E-state index in [0.29, 0.717) is 12.4 Å². The molecular weight excluding hydrogens is 204 g/mol. The van der Waals surface area contributed by atoms with Crippen LogP contribution in [0.3, 0.4) is 0 Å². The topological polar surface area (TPSA) is 51.5 Å². The Hall–Kier alpha value is -2.04. The van der Waals surface area contributed by atoms with Crippen LogP contribution >= 0.6 is 0 Å². The summed E-state index contributed by atoms with van der Waals surface area (Å²) in [6, 6.07) is 1.83. The Balaban J connectivity index is 2.45. The summed E-state index contributed by atoms with van der Waals surface area (Å²) < 4.78 is 7.02. The summed E-state index contributed by atoms with van der Waals surface area (Å²) in [7, 11) is 1.84. The highest BCUT2D eigenvalue weighted by atomic mass is 16.5. The Morgan fingerprint density at radius 3 is 3.12 bits per heavy atom. The largest absolute Gasteiger partial charge is 0.492 e.